The molecular formula is C13H21NO. The van der Waals surface area contributed by atoms with Gasteiger partial charge in [-0.2, -0.15) is 0 Å². The van der Waals surface area contributed by atoms with Crippen LogP contribution in [0.4, 0.5) is 0 Å². The fourth-order valence-electron chi connectivity index (χ4n) is 1.33. The highest BCUT2D eigenvalue weighted by atomic mass is 16.5. The van der Waals surface area contributed by atoms with Crippen molar-refractivity contribution in [1.29, 1.82) is 0 Å². The fourth-order valence-corrected chi connectivity index (χ4v) is 1.33. The van der Waals surface area contributed by atoms with Gasteiger partial charge in [-0.05, 0) is 32.8 Å². The molecule has 0 fully saturated rings. The monoisotopic (exact) mass is 207 g/mol. The molecule has 2 heteroatoms. The molecule has 0 aliphatic rings. The van der Waals surface area contributed by atoms with Gasteiger partial charge in [0.1, 0.15) is 0 Å². The van der Waals surface area contributed by atoms with Gasteiger partial charge in [0.05, 0.1) is 12.2 Å². The van der Waals surface area contributed by atoms with Crippen LogP contribution in [0.1, 0.15) is 26.3 Å². The molecule has 0 saturated heterocycles. The van der Waals surface area contributed by atoms with Crippen molar-refractivity contribution >= 4 is 0 Å². The van der Waals surface area contributed by atoms with E-state index in [1.807, 2.05) is 39.0 Å². The van der Waals surface area contributed by atoms with Crippen molar-refractivity contribution in [2.45, 2.75) is 38.8 Å². The van der Waals surface area contributed by atoms with Gasteiger partial charge in [-0.1, -0.05) is 30.3 Å². The van der Waals surface area contributed by atoms with E-state index < -0.39 is 0 Å². The standard InChI is InChI=1S/C13H21NO/c1-13(2,3)15-10-12(14)9-11-7-5-4-6-8-11/h4-8,12H,9-10,14H2,1-3H3/t12-/m0/s1. The Hall–Kier alpha value is -0.860. The maximum atomic E-state index is 5.99. The van der Waals surface area contributed by atoms with Gasteiger partial charge in [0.15, 0.2) is 0 Å². The van der Waals surface area contributed by atoms with Gasteiger partial charge in [0, 0.05) is 6.04 Å². The predicted molar refractivity (Wildman–Crippen MR) is 63.8 cm³/mol. The van der Waals surface area contributed by atoms with Crippen LogP contribution in [-0.4, -0.2) is 18.2 Å². The number of nitrogens with two attached hydrogens (primary N) is 1. The summed E-state index contributed by atoms with van der Waals surface area (Å²) in [6.45, 7) is 6.74. The molecule has 0 bridgehead atoms. The smallest absolute Gasteiger partial charge is 0.0627 e. The minimum absolute atomic E-state index is 0.0756. The third kappa shape index (κ3) is 5.55. The molecule has 0 aliphatic carbocycles. The Morgan fingerprint density at radius 2 is 1.80 bits per heavy atom. The Morgan fingerprint density at radius 3 is 2.33 bits per heavy atom. The van der Waals surface area contributed by atoms with E-state index in [0.29, 0.717) is 6.61 Å². The molecular weight excluding hydrogens is 186 g/mol. The van der Waals surface area contributed by atoms with Crippen molar-refractivity contribution in [3.8, 4) is 0 Å². The van der Waals surface area contributed by atoms with Crippen molar-refractivity contribution in [1.82, 2.24) is 0 Å². The van der Waals surface area contributed by atoms with Crippen LogP contribution < -0.4 is 5.73 Å². The summed E-state index contributed by atoms with van der Waals surface area (Å²) in [5.41, 5.74) is 7.15. The first-order valence-corrected chi connectivity index (χ1v) is 5.41. The lowest BCUT2D eigenvalue weighted by molar-refractivity contribution is -0.00983. The highest BCUT2D eigenvalue weighted by Gasteiger charge is 2.12. The van der Waals surface area contributed by atoms with Gasteiger partial charge in [0.2, 0.25) is 0 Å². The van der Waals surface area contributed by atoms with E-state index >= 15 is 0 Å². The van der Waals surface area contributed by atoms with Gasteiger partial charge < -0.3 is 10.5 Å². The third-order valence-corrected chi connectivity index (χ3v) is 2.07. The van der Waals surface area contributed by atoms with Crippen LogP contribution in [0.25, 0.3) is 0 Å². The first-order chi connectivity index (χ1) is 6.97. The van der Waals surface area contributed by atoms with Gasteiger partial charge in [-0.15, -0.1) is 0 Å². The maximum absolute atomic E-state index is 5.99. The van der Waals surface area contributed by atoms with E-state index in [1.165, 1.54) is 5.56 Å². The second kappa shape index (κ2) is 5.29. The van der Waals surface area contributed by atoms with Crippen LogP contribution in [0.3, 0.4) is 0 Å². The normalized spacial score (nSPS) is 13.9. The average molecular weight is 207 g/mol. The molecule has 84 valence electrons. The summed E-state index contributed by atoms with van der Waals surface area (Å²) >= 11 is 0. The highest BCUT2D eigenvalue weighted by Crippen LogP contribution is 2.08. The van der Waals surface area contributed by atoms with E-state index in [0.717, 1.165) is 6.42 Å². The molecule has 0 aliphatic heterocycles. The SMILES string of the molecule is CC(C)(C)OC[C@@H](N)Cc1ccccc1. The minimum atomic E-state index is -0.103. The van der Waals surface area contributed by atoms with E-state index in [2.05, 4.69) is 12.1 Å². The number of hydrogen-bond donors (Lipinski definition) is 1. The summed E-state index contributed by atoms with van der Waals surface area (Å²) in [4.78, 5) is 0. The van der Waals surface area contributed by atoms with Gasteiger partial charge in [-0.3, -0.25) is 0 Å². The Kier molecular flexibility index (Phi) is 4.30. The van der Waals surface area contributed by atoms with Gasteiger partial charge in [-0.25, -0.2) is 0 Å². The van der Waals surface area contributed by atoms with Gasteiger partial charge in [0.25, 0.3) is 0 Å². The summed E-state index contributed by atoms with van der Waals surface area (Å²) in [7, 11) is 0. The Morgan fingerprint density at radius 1 is 1.20 bits per heavy atom. The lowest BCUT2D eigenvalue weighted by Gasteiger charge is -2.22. The molecule has 1 rings (SSSR count). The Labute approximate surface area is 92.4 Å². The van der Waals surface area contributed by atoms with Crippen molar-refractivity contribution in [2.75, 3.05) is 6.61 Å². The minimum Gasteiger partial charge on any atom is -0.374 e. The molecule has 15 heavy (non-hydrogen) atoms. The first-order valence-electron chi connectivity index (χ1n) is 5.41. The molecule has 0 spiro atoms. The first kappa shape index (κ1) is 12.2. The largest absolute Gasteiger partial charge is 0.374 e. The van der Waals surface area contributed by atoms with Crippen molar-refractivity contribution in [3.05, 3.63) is 35.9 Å². The summed E-state index contributed by atoms with van der Waals surface area (Å²) in [5.74, 6) is 0. The zero-order chi connectivity index (χ0) is 11.3. The zero-order valence-electron chi connectivity index (χ0n) is 9.86. The summed E-state index contributed by atoms with van der Waals surface area (Å²) in [5, 5.41) is 0. The number of hydrogen-bond acceptors (Lipinski definition) is 2. The molecule has 2 N–H and O–H groups in total. The van der Waals surface area contributed by atoms with Crippen LogP contribution in [0.5, 0.6) is 0 Å². The van der Waals surface area contributed by atoms with Crippen LogP contribution in [-0.2, 0) is 11.2 Å². The van der Waals surface area contributed by atoms with Crippen molar-refractivity contribution < 1.29 is 4.74 Å². The van der Waals surface area contributed by atoms with Crippen LogP contribution in [0.2, 0.25) is 0 Å². The van der Waals surface area contributed by atoms with E-state index in [1.54, 1.807) is 0 Å². The van der Waals surface area contributed by atoms with Crippen LogP contribution >= 0.6 is 0 Å². The second-order valence-electron chi connectivity index (χ2n) is 4.87. The highest BCUT2D eigenvalue weighted by molar-refractivity contribution is 5.15. The number of rotatable bonds is 4. The molecule has 1 atom stereocenters. The number of benzene rings is 1. The molecule has 1 aromatic rings. The average Bonchev–Trinajstić information content (AvgIpc) is 2.15. The molecule has 1 aromatic carbocycles. The summed E-state index contributed by atoms with van der Waals surface area (Å²) in [6, 6.07) is 10.3. The van der Waals surface area contributed by atoms with Crippen LogP contribution in [0, 0.1) is 0 Å². The molecule has 0 heterocycles. The van der Waals surface area contributed by atoms with E-state index in [-0.39, 0.29) is 11.6 Å². The fraction of sp³-hybridized carbons (Fsp3) is 0.538. The van der Waals surface area contributed by atoms with E-state index in [4.69, 9.17) is 10.5 Å². The zero-order valence-corrected chi connectivity index (χ0v) is 9.86. The Bertz CT molecular complexity index is 276. The second-order valence-corrected chi connectivity index (χ2v) is 4.87. The number of ether oxygens (including phenoxy) is 1. The van der Waals surface area contributed by atoms with E-state index in [9.17, 15) is 0 Å². The maximum Gasteiger partial charge on any atom is 0.0627 e. The lowest BCUT2D eigenvalue weighted by atomic mass is 10.1. The molecule has 0 aromatic heterocycles. The van der Waals surface area contributed by atoms with Gasteiger partial charge >= 0.3 is 0 Å². The lowest BCUT2D eigenvalue weighted by Crippen LogP contribution is -2.33. The molecule has 0 unspecified atom stereocenters. The Balaban J connectivity index is 2.34. The molecule has 0 radical (unpaired) electrons. The van der Waals surface area contributed by atoms with Crippen molar-refractivity contribution in [3.63, 3.8) is 0 Å². The van der Waals surface area contributed by atoms with Crippen molar-refractivity contribution in [2.24, 2.45) is 5.73 Å². The molecule has 0 saturated carbocycles. The molecule has 2 nitrogen and oxygen atoms in total. The quantitative estimate of drug-likeness (QED) is 0.822. The third-order valence-electron chi connectivity index (χ3n) is 2.07. The topological polar surface area (TPSA) is 35.2 Å². The molecule has 0 amide bonds. The summed E-state index contributed by atoms with van der Waals surface area (Å²) in [6.07, 6.45) is 0.872. The van der Waals surface area contributed by atoms with Crippen LogP contribution in [0.15, 0.2) is 30.3 Å². The summed E-state index contributed by atoms with van der Waals surface area (Å²) < 4.78 is 5.64. The predicted octanol–water partition coefficient (Wildman–Crippen LogP) is 2.37.